The first-order chi connectivity index (χ1) is 10.2. The number of imidazole rings is 1. The third kappa shape index (κ3) is 4.60. The SMILES string of the molecule is CCNc1cn2ccnc2c(NCCCCOC(C)C)n1. The summed E-state index contributed by atoms with van der Waals surface area (Å²) in [4.78, 5) is 8.92. The lowest BCUT2D eigenvalue weighted by Gasteiger charge is -2.11. The lowest BCUT2D eigenvalue weighted by atomic mass is 10.3. The highest BCUT2D eigenvalue weighted by Crippen LogP contribution is 2.16. The van der Waals surface area contributed by atoms with Crippen LogP contribution in [0, 0.1) is 0 Å². The second kappa shape index (κ2) is 7.83. The Morgan fingerprint density at radius 3 is 2.90 bits per heavy atom. The minimum Gasteiger partial charge on any atom is -0.379 e. The van der Waals surface area contributed by atoms with Gasteiger partial charge in [-0.05, 0) is 33.6 Å². The van der Waals surface area contributed by atoms with Gasteiger partial charge < -0.3 is 19.8 Å². The molecule has 6 heteroatoms. The topological polar surface area (TPSA) is 63.5 Å². The van der Waals surface area contributed by atoms with Crippen molar-refractivity contribution >= 4 is 17.3 Å². The zero-order valence-electron chi connectivity index (χ0n) is 13.1. The van der Waals surface area contributed by atoms with Crippen LogP contribution in [0.5, 0.6) is 0 Å². The number of ether oxygens (including phenoxy) is 1. The second-order valence-electron chi connectivity index (χ2n) is 5.22. The normalized spacial score (nSPS) is 11.2. The number of aromatic nitrogens is 3. The lowest BCUT2D eigenvalue weighted by molar-refractivity contribution is 0.0765. The molecule has 0 bridgehead atoms. The van der Waals surface area contributed by atoms with Crippen molar-refractivity contribution in [1.29, 1.82) is 0 Å². The van der Waals surface area contributed by atoms with Crippen LogP contribution in [-0.4, -0.2) is 40.2 Å². The van der Waals surface area contributed by atoms with E-state index < -0.39 is 0 Å². The zero-order chi connectivity index (χ0) is 15.1. The Morgan fingerprint density at radius 2 is 2.14 bits per heavy atom. The minimum absolute atomic E-state index is 0.306. The van der Waals surface area contributed by atoms with E-state index in [9.17, 15) is 0 Å². The maximum Gasteiger partial charge on any atom is 0.180 e. The summed E-state index contributed by atoms with van der Waals surface area (Å²) in [6, 6.07) is 0. The van der Waals surface area contributed by atoms with Crippen LogP contribution in [0.25, 0.3) is 5.65 Å². The molecule has 116 valence electrons. The van der Waals surface area contributed by atoms with Crippen LogP contribution in [0.15, 0.2) is 18.6 Å². The van der Waals surface area contributed by atoms with Gasteiger partial charge in [0.15, 0.2) is 11.5 Å². The molecule has 0 saturated heterocycles. The summed E-state index contributed by atoms with van der Waals surface area (Å²) < 4.78 is 7.51. The quantitative estimate of drug-likeness (QED) is 0.696. The molecular weight excluding hydrogens is 266 g/mol. The molecule has 2 rings (SSSR count). The minimum atomic E-state index is 0.306. The lowest BCUT2D eigenvalue weighted by Crippen LogP contribution is -2.10. The summed E-state index contributed by atoms with van der Waals surface area (Å²) in [5.41, 5.74) is 0.857. The van der Waals surface area contributed by atoms with Crippen molar-refractivity contribution in [2.75, 3.05) is 30.3 Å². The molecule has 2 aromatic heterocycles. The summed E-state index contributed by atoms with van der Waals surface area (Å²) in [5, 5.41) is 6.60. The molecular formula is C15H25N5O. The molecule has 0 aliphatic rings. The van der Waals surface area contributed by atoms with Gasteiger partial charge in [-0.15, -0.1) is 0 Å². The molecule has 0 aliphatic carbocycles. The first-order valence-corrected chi connectivity index (χ1v) is 7.63. The van der Waals surface area contributed by atoms with Gasteiger partial charge in [-0.1, -0.05) is 0 Å². The van der Waals surface area contributed by atoms with E-state index in [0.29, 0.717) is 6.10 Å². The van der Waals surface area contributed by atoms with E-state index >= 15 is 0 Å². The summed E-state index contributed by atoms with van der Waals surface area (Å²) >= 11 is 0. The average molecular weight is 291 g/mol. The van der Waals surface area contributed by atoms with Crippen LogP contribution in [-0.2, 0) is 4.74 Å². The molecule has 0 aliphatic heterocycles. The van der Waals surface area contributed by atoms with Crippen LogP contribution in [0.1, 0.15) is 33.6 Å². The highest BCUT2D eigenvalue weighted by molar-refractivity contribution is 5.65. The van der Waals surface area contributed by atoms with Crippen LogP contribution in [0.3, 0.4) is 0 Å². The number of hydrogen-bond donors (Lipinski definition) is 2. The number of unbranched alkanes of at least 4 members (excludes halogenated alkanes) is 1. The van der Waals surface area contributed by atoms with Crippen LogP contribution in [0.4, 0.5) is 11.6 Å². The highest BCUT2D eigenvalue weighted by atomic mass is 16.5. The number of rotatable bonds is 9. The van der Waals surface area contributed by atoms with Gasteiger partial charge in [-0.25, -0.2) is 9.97 Å². The summed E-state index contributed by atoms with van der Waals surface area (Å²) in [7, 11) is 0. The largest absolute Gasteiger partial charge is 0.379 e. The van der Waals surface area contributed by atoms with Gasteiger partial charge in [-0.3, -0.25) is 0 Å². The summed E-state index contributed by atoms with van der Waals surface area (Å²) in [6.07, 6.45) is 8.07. The van der Waals surface area contributed by atoms with Crippen molar-refractivity contribution in [2.24, 2.45) is 0 Å². The molecule has 6 nitrogen and oxygen atoms in total. The average Bonchev–Trinajstić information content (AvgIpc) is 2.91. The van der Waals surface area contributed by atoms with Crippen molar-refractivity contribution in [3.63, 3.8) is 0 Å². The monoisotopic (exact) mass is 291 g/mol. The molecule has 2 aromatic rings. The Balaban J connectivity index is 1.89. The molecule has 2 N–H and O–H groups in total. The fraction of sp³-hybridized carbons (Fsp3) is 0.600. The molecule has 0 fully saturated rings. The van der Waals surface area contributed by atoms with E-state index in [4.69, 9.17) is 4.74 Å². The number of fused-ring (bicyclic) bond motifs is 1. The fourth-order valence-electron chi connectivity index (χ4n) is 2.07. The van der Waals surface area contributed by atoms with Crippen molar-refractivity contribution < 1.29 is 4.74 Å². The van der Waals surface area contributed by atoms with Crippen molar-refractivity contribution in [3.05, 3.63) is 18.6 Å². The highest BCUT2D eigenvalue weighted by Gasteiger charge is 2.06. The first-order valence-electron chi connectivity index (χ1n) is 7.63. The van der Waals surface area contributed by atoms with Crippen LogP contribution in [0.2, 0.25) is 0 Å². The molecule has 0 radical (unpaired) electrons. The summed E-state index contributed by atoms with van der Waals surface area (Å²) in [5.74, 6) is 1.68. The molecule has 0 aromatic carbocycles. The Morgan fingerprint density at radius 1 is 1.29 bits per heavy atom. The number of nitrogens with one attached hydrogen (secondary N) is 2. The predicted octanol–water partition coefficient (Wildman–Crippen LogP) is 2.78. The summed E-state index contributed by atoms with van der Waals surface area (Å²) in [6.45, 7) is 8.70. The molecule has 0 unspecified atom stereocenters. The standard InChI is InChI=1S/C15H25N5O/c1-4-16-13-11-20-9-8-18-15(20)14(19-13)17-7-5-6-10-21-12(2)3/h8-9,11-12,16H,4-7,10H2,1-3H3,(H,17,19). The van der Waals surface area contributed by atoms with Crippen LogP contribution < -0.4 is 10.6 Å². The van der Waals surface area contributed by atoms with E-state index in [0.717, 1.165) is 49.8 Å². The Kier molecular flexibility index (Phi) is 5.80. The van der Waals surface area contributed by atoms with Crippen molar-refractivity contribution in [3.8, 4) is 0 Å². The van der Waals surface area contributed by atoms with E-state index in [1.165, 1.54) is 0 Å². The van der Waals surface area contributed by atoms with Gasteiger partial charge in [0, 0.05) is 32.1 Å². The first kappa shape index (κ1) is 15.6. The Labute approximate surface area is 125 Å². The van der Waals surface area contributed by atoms with Crippen LogP contribution >= 0.6 is 0 Å². The van der Waals surface area contributed by atoms with Gasteiger partial charge in [-0.2, -0.15) is 0 Å². The van der Waals surface area contributed by atoms with Crippen molar-refractivity contribution in [2.45, 2.75) is 39.7 Å². The molecule has 0 atom stereocenters. The van der Waals surface area contributed by atoms with E-state index in [-0.39, 0.29) is 0 Å². The zero-order valence-corrected chi connectivity index (χ0v) is 13.1. The van der Waals surface area contributed by atoms with Crippen molar-refractivity contribution in [1.82, 2.24) is 14.4 Å². The second-order valence-corrected chi connectivity index (χ2v) is 5.22. The van der Waals surface area contributed by atoms with Gasteiger partial charge >= 0.3 is 0 Å². The van der Waals surface area contributed by atoms with Gasteiger partial charge in [0.1, 0.15) is 5.82 Å². The van der Waals surface area contributed by atoms with E-state index in [1.807, 2.05) is 16.8 Å². The molecule has 21 heavy (non-hydrogen) atoms. The third-order valence-electron chi connectivity index (χ3n) is 3.05. The van der Waals surface area contributed by atoms with Gasteiger partial charge in [0.25, 0.3) is 0 Å². The predicted molar refractivity (Wildman–Crippen MR) is 86.0 cm³/mol. The molecule has 0 spiro atoms. The smallest absolute Gasteiger partial charge is 0.180 e. The fourth-order valence-corrected chi connectivity index (χ4v) is 2.07. The Bertz CT molecular complexity index is 552. The molecule has 0 amide bonds. The third-order valence-corrected chi connectivity index (χ3v) is 3.05. The van der Waals surface area contributed by atoms with Gasteiger partial charge in [0.05, 0.1) is 12.3 Å². The molecule has 2 heterocycles. The maximum atomic E-state index is 5.53. The number of anilines is 2. The van der Waals surface area contributed by atoms with Gasteiger partial charge in [0.2, 0.25) is 0 Å². The van der Waals surface area contributed by atoms with E-state index in [2.05, 4.69) is 41.4 Å². The van der Waals surface area contributed by atoms with E-state index in [1.54, 1.807) is 6.20 Å². The maximum absolute atomic E-state index is 5.53. The number of hydrogen-bond acceptors (Lipinski definition) is 5. The Hall–Kier alpha value is -1.82. The number of nitrogens with zero attached hydrogens (tertiary/aromatic N) is 3. The molecule has 0 saturated carbocycles.